The Morgan fingerprint density at radius 2 is 1.83 bits per heavy atom. The fourth-order valence-electron chi connectivity index (χ4n) is 0.798. The van der Waals surface area contributed by atoms with Crippen LogP contribution in [0.15, 0.2) is 24.3 Å². The summed E-state index contributed by atoms with van der Waals surface area (Å²) in [6, 6.07) is 7.64. The first-order valence-electron chi connectivity index (χ1n) is 4.10. The summed E-state index contributed by atoms with van der Waals surface area (Å²) in [6.45, 7) is 5.95. The molecule has 0 atom stereocenters. The summed E-state index contributed by atoms with van der Waals surface area (Å²) in [5, 5.41) is 2.60. The smallest absolute Gasteiger partial charge is 0.211 e. The highest BCUT2D eigenvalue weighted by atomic mass is 16.1. The number of aryl methyl sites for hydroxylation is 1. The minimum atomic E-state index is 0.683. The summed E-state index contributed by atoms with van der Waals surface area (Å²) in [4.78, 5) is 10.0. The number of benzene rings is 1. The van der Waals surface area contributed by atoms with Crippen LogP contribution in [0, 0.1) is 6.92 Å². The fraction of sp³-hybridized carbons (Fsp3) is 0.300. The Morgan fingerprint density at radius 3 is 2.33 bits per heavy atom. The third kappa shape index (κ3) is 3.19. The van der Waals surface area contributed by atoms with E-state index < -0.39 is 0 Å². The predicted molar refractivity (Wildman–Crippen MR) is 52.2 cm³/mol. The zero-order valence-electron chi connectivity index (χ0n) is 7.79. The van der Waals surface area contributed by atoms with Crippen LogP contribution in [0.5, 0.6) is 0 Å². The van der Waals surface area contributed by atoms with Gasteiger partial charge in [0.2, 0.25) is 6.41 Å². The molecular formula is C10H15NO. The van der Waals surface area contributed by atoms with E-state index in [1.165, 1.54) is 0 Å². The van der Waals surface area contributed by atoms with Crippen molar-refractivity contribution < 1.29 is 4.79 Å². The topological polar surface area (TPSA) is 29.1 Å². The molecule has 2 heteroatoms. The number of para-hydroxylation sites is 1. The zero-order chi connectivity index (χ0) is 9.40. The van der Waals surface area contributed by atoms with Crippen molar-refractivity contribution in [3.8, 4) is 0 Å². The largest absolute Gasteiger partial charge is 0.328 e. The van der Waals surface area contributed by atoms with Crippen LogP contribution in [0.3, 0.4) is 0 Å². The number of rotatable bonds is 2. The van der Waals surface area contributed by atoms with Crippen LogP contribution < -0.4 is 5.32 Å². The minimum Gasteiger partial charge on any atom is -0.328 e. The number of carbonyl (C=O) groups is 1. The normalized spacial score (nSPS) is 7.92. The van der Waals surface area contributed by atoms with Gasteiger partial charge in [0.25, 0.3) is 0 Å². The molecule has 1 aromatic carbocycles. The Hall–Kier alpha value is -1.31. The molecule has 0 aromatic heterocycles. The molecule has 0 bridgehead atoms. The van der Waals surface area contributed by atoms with Gasteiger partial charge in [-0.05, 0) is 18.6 Å². The second kappa shape index (κ2) is 6.40. The average molecular weight is 165 g/mol. The predicted octanol–water partition coefficient (Wildman–Crippen LogP) is 2.59. The summed E-state index contributed by atoms with van der Waals surface area (Å²) in [5.74, 6) is 0. The van der Waals surface area contributed by atoms with Gasteiger partial charge in [-0.15, -0.1) is 0 Å². The summed E-state index contributed by atoms with van der Waals surface area (Å²) < 4.78 is 0. The van der Waals surface area contributed by atoms with E-state index in [1.54, 1.807) is 0 Å². The van der Waals surface area contributed by atoms with E-state index in [0.717, 1.165) is 11.3 Å². The van der Waals surface area contributed by atoms with Crippen molar-refractivity contribution in [2.45, 2.75) is 20.8 Å². The van der Waals surface area contributed by atoms with E-state index in [2.05, 4.69) is 5.32 Å². The number of anilines is 1. The monoisotopic (exact) mass is 165 g/mol. The van der Waals surface area contributed by atoms with Crippen LogP contribution in [0.1, 0.15) is 19.4 Å². The van der Waals surface area contributed by atoms with Gasteiger partial charge >= 0.3 is 0 Å². The maximum absolute atomic E-state index is 10.0. The fourth-order valence-corrected chi connectivity index (χ4v) is 0.798. The van der Waals surface area contributed by atoms with Crippen molar-refractivity contribution in [1.82, 2.24) is 0 Å². The molecule has 2 nitrogen and oxygen atoms in total. The summed E-state index contributed by atoms with van der Waals surface area (Å²) in [6.07, 6.45) is 0.683. The number of nitrogens with one attached hydrogen (secondary N) is 1. The molecule has 0 fully saturated rings. The van der Waals surface area contributed by atoms with Crippen LogP contribution in [-0.2, 0) is 4.79 Å². The number of hydrogen-bond acceptors (Lipinski definition) is 1. The zero-order valence-corrected chi connectivity index (χ0v) is 7.79. The molecule has 0 aliphatic carbocycles. The van der Waals surface area contributed by atoms with Crippen LogP contribution in [-0.4, -0.2) is 6.41 Å². The highest BCUT2D eigenvalue weighted by molar-refractivity contribution is 5.72. The van der Waals surface area contributed by atoms with Crippen LogP contribution >= 0.6 is 0 Å². The Kier molecular flexibility index (Phi) is 5.70. The molecule has 0 aliphatic heterocycles. The molecule has 0 aliphatic rings. The molecule has 0 saturated heterocycles. The number of hydrogen-bond donors (Lipinski definition) is 1. The lowest BCUT2D eigenvalue weighted by molar-refractivity contribution is -0.105. The Bertz CT molecular complexity index is 233. The standard InChI is InChI=1S/C8H9NO.C2H6/c1-7-4-2-3-5-8(7)9-6-10;1-2/h2-6H,1H3,(H,9,10);1-2H3. The van der Waals surface area contributed by atoms with Crippen molar-refractivity contribution in [3.63, 3.8) is 0 Å². The van der Waals surface area contributed by atoms with Crippen LogP contribution in [0.25, 0.3) is 0 Å². The van der Waals surface area contributed by atoms with E-state index in [1.807, 2.05) is 45.0 Å². The van der Waals surface area contributed by atoms with E-state index >= 15 is 0 Å². The molecule has 0 unspecified atom stereocenters. The van der Waals surface area contributed by atoms with Crippen molar-refractivity contribution in [2.24, 2.45) is 0 Å². The van der Waals surface area contributed by atoms with Gasteiger partial charge in [0.05, 0.1) is 0 Å². The lowest BCUT2D eigenvalue weighted by Gasteiger charge is -2.00. The molecule has 0 saturated carbocycles. The maximum atomic E-state index is 10.0. The van der Waals surface area contributed by atoms with E-state index in [4.69, 9.17) is 0 Å². The highest BCUT2D eigenvalue weighted by Crippen LogP contribution is 2.11. The van der Waals surface area contributed by atoms with E-state index in [9.17, 15) is 4.79 Å². The van der Waals surface area contributed by atoms with Crippen molar-refractivity contribution in [1.29, 1.82) is 0 Å². The maximum Gasteiger partial charge on any atom is 0.211 e. The average Bonchev–Trinajstić information content (AvgIpc) is 2.13. The molecule has 66 valence electrons. The third-order valence-electron chi connectivity index (χ3n) is 1.36. The Balaban J connectivity index is 0.000000561. The molecule has 1 amide bonds. The van der Waals surface area contributed by atoms with Crippen molar-refractivity contribution in [2.75, 3.05) is 5.32 Å². The quantitative estimate of drug-likeness (QED) is 0.670. The molecule has 0 radical (unpaired) electrons. The summed E-state index contributed by atoms with van der Waals surface area (Å²) >= 11 is 0. The Labute approximate surface area is 73.6 Å². The van der Waals surface area contributed by atoms with Crippen molar-refractivity contribution >= 4 is 12.1 Å². The summed E-state index contributed by atoms with van der Waals surface area (Å²) in [5.41, 5.74) is 1.95. The van der Waals surface area contributed by atoms with Gasteiger partial charge in [-0.2, -0.15) is 0 Å². The van der Waals surface area contributed by atoms with Crippen LogP contribution in [0.2, 0.25) is 0 Å². The van der Waals surface area contributed by atoms with Gasteiger partial charge in [0.15, 0.2) is 0 Å². The second-order valence-corrected chi connectivity index (χ2v) is 2.08. The van der Waals surface area contributed by atoms with Gasteiger partial charge < -0.3 is 5.32 Å². The van der Waals surface area contributed by atoms with Gasteiger partial charge in [0.1, 0.15) is 0 Å². The molecule has 0 spiro atoms. The first-order chi connectivity index (χ1) is 5.84. The van der Waals surface area contributed by atoms with Gasteiger partial charge in [-0.1, -0.05) is 32.0 Å². The number of carbonyl (C=O) groups excluding carboxylic acids is 1. The van der Waals surface area contributed by atoms with Gasteiger partial charge in [-0.3, -0.25) is 4.79 Å². The highest BCUT2D eigenvalue weighted by Gasteiger charge is 1.91. The molecule has 12 heavy (non-hydrogen) atoms. The summed E-state index contributed by atoms with van der Waals surface area (Å²) in [7, 11) is 0. The van der Waals surface area contributed by atoms with Gasteiger partial charge in [0, 0.05) is 5.69 Å². The van der Waals surface area contributed by atoms with Crippen molar-refractivity contribution in [3.05, 3.63) is 29.8 Å². The van der Waals surface area contributed by atoms with E-state index in [0.29, 0.717) is 6.41 Å². The second-order valence-electron chi connectivity index (χ2n) is 2.08. The lowest BCUT2D eigenvalue weighted by Crippen LogP contribution is -1.94. The Morgan fingerprint density at radius 1 is 1.25 bits per heavy atom. The lowest BCUT2D eigenvalue weighted by atomic mass is 10.2. The minimum absolute atomic E-state index is 0.683. The number of amides is 1. The molecule has 0 heterocycles. The first kappa shape index (κ1) is 10.7. The van der Waals surface area contributed by atoms with E-state index in [-0.39, 0.29) is 0 Å². The SMILES string of the molecule is CC.Cc1ccccc1NC=O. The van der Waals surface area contributed by atoms with Gasteiger partial charge in [-0.25, -0.2) is 0 Å². The molecular weight excluding hydrogens is 150 g/mol. The molecule has 1 aromatic rings. The van der Waals surface area contributed by atoms with Crippen LogP contribution in [0.4, 0.5) is 5.69 Å². The first-order valence-corrected chi connectivity index (χ1v) is 4.10. The third-order valence-corrected chi connectivity index (χ3v) is 1.36. The molecule has 1 N–H and O–H groups in total. The molecule has 1 rings (SSSR count).